The van der Waals surface area contributed by atoms with Gasteiger partial charge in [0.05, 0.1) is 12.9 Å². The van der Waals surface area contributed by atoms with Crippen LogP contribution in [0.5, 0.6) is 5.75 Å². The van der Waals surface area contributed by atoms with Gasteiger partial charge in [-0.3, -0.25) is 5.41 Å². The Bertz CT molecular complexity index is 423. The molecule has 0 aromatic heterocycles. The minimum Gasteiger partial charge on any atom is -0.497 e. The second kappa shape index (κ2) is 6.35. The molecular weight excluding hydrogens is 233 g/mol. The second-order valence-corrected chi connectivity index (χ2v) is 4.51. The third-order valence-corrected chi connectivity index (χ3v) is 2.82. The molecule has 0 saturated carbocycles. The third-order valence-electron chi connectivity index (χ3n) is 2.82. The highest BCUT2D eigenvalue weighted by Crippen LogP contribution is 2.17. The van der Waals surface area contributed by atoms with Crippen LogP contribution in [0.15, 0.2) is 18.2 Å². The number of methoxy groups -OCH3 is 1. The summed E-state index contributed by atoms with van der Waals surface area (Å²) in [5.74, 6) is 0.348. The highest BCUT2D eigenvalue weighted by atomic mass is 19.1. The molecule has 0 amide bonds. The number of ether oxygens (including phenoxy) is 1. The van der Waals surface area contributed by atoms with Gasteiger partial charge in [0.2, 0.25) is 0 Å². The standard InChI is InChI=1S/C13H20FN3O/c1-9(13(15)16)7-17(2)8-10-4-5-11(18-3)6-12(10)14/h4-6,9H,7-8H2,1-3H3,(H3,15,16). The summed E-state index contributed by atoms with van der Waals surface area (Å²) in [4.78, 5) is 1.94. The maximum Gasteiger partial charge on any atom is 0.131 e. The van der Waals surface area contributed by atoms with Crippen LogP contribution in [0.25, 0.3) is 0 Å². The van der Waals surface area contributed by atoms with E-state index in [1.54, 1.807) is 12.1 Å². The Morgan fingerprint density at radius 2 is 2.22 bits per heavy atom. The van der Waals surface area contributed by atoms with Crippen molar-refractivity contribution >= 4 is 5.84 Å². The van der Waals surface area contributed by atoms with E-state index in [1.165, 1.54) is 13.2 Å². The molecule has 0 fully saturated rings. The van der Waals surface area contributed by atoms with E-state index in [0.717, 1.165) is 0 Å². The monoisotopic (exact) mass is 253 g/mol. The van der Waals surface area contributed by atoms with Gasteiger partial charge in [-0.05, 0) is 13.1 Å². The summed E-state index contributed by atoms with van der Waals surface area (Å²) in [6.45, 7) is 2.98. The third kappa shape index (κ3) is 4.00. The van der Waals surface area contributed by atoms with Gasteiger partial charge < -0.3 is 15.4 Å². The number of benzene rings is 1. The SMILES string of the molecule is COc1ccc(CN(C)CC(C)C(=N)N)c(F)c1. The van der Waals surface area contributed by atoms with E-state index >= 15 is 0 Å². The van der Waals surface area contributed by atoms with Crippen molar-refractivity contribution in [2.24, 2.45) is 11.7 Å². The fourth-order valence-electron chi connectivity index (χ4n) is 1.70. The molecule has 1 aromatic carbocycles. The van der Waals surface area contributed by atoms with E-state index in [-0.39, 0.29) is 17.6 Å². The van der Waals surface area contributed by atoms with Gasteiger partial charge in [0.15, 0.2) is 0 Å². The molecule has 0 aliphatic rings. The Morgan fingerprint density at radius 1 is 1.56 bits per heavy atom. The van der Waals surface area contributed by atoms with Crippen LogP contribution in [0.4, 0.5) is 4.39 Å². The maximum absolute atomic E-state index is 13.7. The summed E-state index contributed by atoms with van der Waals surface area (Å²) >= 11 is 0. The fourth-order valence-corrected chi connectivity index (χ4v) is 1.70. The van der Waals surface area contributed by atoms with Gasteiger partial charge >= 0.3 is 0 Å². The lowest BCUT2D eigenvalue weighted by molar-refractivity contribution is 0.301. The quantitative estimate of drug-likeness (QED) is 0.600. The summed E-state index contributed by atoms with van der Waals surface area (Å²) in [6.07, 6.45) is 0. The zero-order valence-electron chi connectivity index (χ0n) is 11.0. The Kier molecular flexibility index (Phi) is 5.09. The van der Waals surface area contributed by atoms with Gasteiger partial charge in [-0.2, -0.15) is 0 Å². The molecule has 0 aliphatic carbocycles. The van der Waals surface area contributed by atoms with Crippen molar-refractivity contribution in [3.05, 3.63) is 29.6 Å². The lowest BCUT2D eigenvalue weighted by atomic mass is 10.1. The van der Waals surface area contributed by atoms with Crippen molar-refractivity contribution in [2.45, 2.75) is 13.5 Å². The molecule has 0 heterocycles. The van der Waals surface area contributed by atoms with Gasteiger partial charge in [-0.25, -0.2) is 4.39 Å². The normalized spacial score (nSPS) is 12.5. The first-order valence-electron chi connectivity index (χ1n) is 5.79. The van der Waals surface area contributed by atoms with E-state index in [1.807, 2.05) is 18.9 Å². The largest absolute Gasteiger partial charge is 0.497 e. The first-order valence-corrected chi connectivity index (χ1v) is 5.79. The predicted octanol–water partition coefficient (Wildman–Crippen LogP) is 1.84. The van der Waals surface area contributed by atoms with E-state index in [0.29, 0.717) is 24.4 Å². The van der Waals surface area contributed by atoms with Crippen LogP contribution in [0.3, 0.4) is 0 Å². The van der Waals surface area contributed by atoms with Gasteiger partial charge in [0, 0.05) is 30.6 Å². The molecule has 0 radical (unpaired) electrons. The Morgan fingerprint density at radius 3 is 2.72 bits per heavy atom. The molecule has 1 unspecified atom stereocenters. The molecule has 0 aliphatic heterocycles. The molecule has 1 rings (SSSR count). The van der Waals surface area contributed by atoms with Crippen molar-refractivity contribution in [1.82, 2.24) is 4.90 Å². The summed E-state index contributed by atoms with van der Waals surface area (Å²) in [7, 11) is 3.39. The van der Waals surface area contributed by atoms with Crippen LogP contribution in [0, 0.1) is 17.1 Å². The predicted molar refractivity (Wildman–Crippen MR) is 70.4 cm³/mol. The van der Waals surface area contributed by atoms with Crippen LogP contribution in [-0.4, -0.2) is 31.4 Å². The molecule has 1 aromatic rings. The maximum atomic E-state index is 13.7. The van der Waals surface area contributed by atoms with Crippen LogP contribution >= 0.6 is 0 Å². The summed E-state index contributed by atoms with van der Waals surface area (Å²) < 4.78 is 18.7. The molecule has 5 heteroatoms. The average Bonchev–Trinajstić information content (AvgIpc) is 2.31. The lowest BCUT2D eigenvalue weighted by Crippen LogP contribution is -2.31. The Hall–Kier alpha value is -1.62. The van der Waals surface area contributed by atoms with Crippen LogP contribution in [0.1, 0.15) is 12.5 Å². The lowest BCUT2D eigenvalue weighted by Gasteiger charge is -2.21. The van der Waals surface area contributed by atoms with Gasteiger partial charge in [-0.1, -0.05) is 13.0 Å². The number of amidine groups is 1. The van der Waals surface area contributed by atoms with Gasteiger partial charge in [0.1, 0.15) is 11.6 Å². The molecule has 1 atom stereocenters. The van der Waals surface area contributed by atoms with E-state index in [4.69, 9.17) is 15.9 Å². The summed E-state index contributed by atoms with van der Waals surface area (Å²) in [5.41, 5.74) is 6.02. The molecule has 0 saturated heterocycles. The van der Waals surface area contributed by atoms with E-state index in [2.05, 4.69) is 0 Å². The second-order valence-electron chi connectivity index (χ2n) is 4.51. The molecule has 3 N–H and O–H groups in total. The number of nitrogens with zero attached hydrogens (tertiary/aromatic N) is 1. The molecule has 4 nitrogen and oxygen atoms in total. The number of nitrogens with two attached hydrogens (primary N) is 1. The Labute approximate surface area is 107 Å². The minimum atomic E-state index is -0.281. The first-order chi connectivity index (χ1) is 8.43. The van der Waals surface area contributed by atoms with Crippen LogP contribution < -0.4 is 10.5 Å². The molecular formula is C13H20FN3O. The smallest absolute Gasteiger partial charge is 0.131 e. The molecule has 18 heavy (non-hydrogen) atoms. The number of rotatable bonds is 6. The van der Waals surface area contributed by atoms with Crippen LogP contribution in [-0.2, 0) is 6.54 Å². The van der Waals surface area contributed by atoms with Crippen molar-refractivity contribution in [3.63, 3.8) is 0 Å². The van der Waals surface area contributed by atoms with Gasteiger partial charge in [-0.15, -0.1) is 0 Å². The first kappa shape index (κ1) is 14.4. The van der Waals surface area contributed by atoms with E-state index in [9.17, 15) is 4.39 Å². The summed E-state index contributed by atoms with van der Waals surface area (Å²) in [6, 6.07) is 4.82. The zero-order chi connectivity index (χ0) is 13.7. The van der Waals surface area contributed by atoms with Crippen molar-refractivity contribution in [1.29, 1.82) is 5.41 Å². The summed E-state index contributed by atoms with van der Waals surface area (Å²) in [5, 5.41) is 7.33. The van der Waals surface area contributed by atoms with Crippen LogP contribution in [0.2, 0.25) is 0 Å². The highest BCUT2D eigenvalue weighted by Gasteiger charge is 2.11. The number of nitrogens with one attached hydrogen (secondary N) is 1. The molecule has 0 spiro atoms. The number of hydrogen-bond donors (Lipinski definition) is 2. The molecule has 0 bridgehead atoms. The van der Waals surface area contributed by atoms with Crippen molar-refractivity contribution < 1.29 is 9.13 Å². The fraction of sp³-hybridized carbons (Fsp3) is 0.462. The zero-order valence-corrected chi connectivity index (χ0v) is 11.0. The van der Waals surface area contributed by atoms with Crippen molar-refractivity contribution in [3.8, 4) is 5.75 Å². The molecule has 100 valence electrons. The topological polar surface area (TPSA) is 62.3 Å². The van der Waals surface area contributed by atoms with Gasteiger partial charge in [0.25, 0.3) is 0 Å². The highest BCUT2D eigenvalue weighted by molar-refractivity contribution is 5.79. The average molecular weight is 253 g/mol. The Balaban J connectivity index is 2.64. The minimum absolute atomic E-state index is 0.0312. The number of hydrogen-bond acceptors (Lipinski definition) is 3. The van der Waals surface area contributed by atoms with E-state index < -0.39 is 0 Å². The number of halogens is 1. The van der Waals surface area contributed by atoms with Crippen molar-refractivity contribution in [2.75, 3.05) is 20.7 Å².